The van der Waals surface area contributed by atoms with Crippen LogP contribution < -0.4 is 33.2 Å². The van der Waals surface area contributed by atoms with Crippen LogP contribution in [0.1, 0.15) is 24.8 Å². The first kappa shape index (κ1) is 32.9. The van der Waals surface area contributed by atoms with Crippen molar-refractivity contribution in [2.45, 2.75) is 49.9 Å². The molecule has 15 heteroatoms. The van der Waals surface area contributed by atoms with Gasteiger partial charge in [0.1, 0.15) is 23.9 Å². The molecule has 0 aliphatic carbocycles. The van der Waals surface area contributed by atoms with E-state index in [9.17, 15) is 29.4 Å². The van der Waals surface area contributed by atoms with Gasteiger partial charge in [-0.25, -0.2) is 4.79 Å². The van der Waals surface area contributed by atoms with Gasteiger partial charge < -0.3 is 43.4 Å². The van der Waals surface area contributed by atoms with Crippen LogP contribution in [-0.4, -0.2) is 88.3 Å². The molecule has 0 bridgehead atoms. The van der Waals surface area contributed by atoms with E-state index in [-0.39, 0.29) is 43.3 Å². The van der Waals surface area contributed by atoms with Crippen molar-refractivity contribution in [2.75, 3.05) is 24.3 Å². The predicted octanol–water partition coefficient (Wildman–Crippen LogP) is -1.46. The Bertz CT molecular complexity index is 960. The van der Waals surface area contributed by atoms with Gasteiger partial charge in [0.15, 0.2) is 5.96 Å². The number of thioether (sulfide) groups is 1. The van der Waals surface area contributed by atoms with Crippen LogP contribution in [0, 0.1) is 0 Å². The number of carboxylic acid groups (broad SMARTS) is 1. The second-order valence-corrected chi connectivity index (χ2v) is 9.76. The topological polar surface area (TPSA) is 235 Å². The van der Waals surface area contributed by atoms with Crippen LogP contribution in [0.2, 0.25) is 0 Å². The number of benzene rings is 1. The second kappa shape index (κ2) is 17.4. The summed E-state index contributed by atoms with van der Waals surface area (Å²) < 4.78 is 0. The Morgan fingerprint density at radius 1 is 0.974 bits per heavy atom. The first-order valence-corrected chi connectivity index (χ1v) is 13.8. The molecule has 1 aromatic carbocycles. The standard InChI is InChI=1S/C23H37N7O6S2/c1-38-10-8-16(20(33)29-17(22(35)36)3-2-9-27-23(25)26)28-21(34)18(12-37)30-19(32)15(24)11-13-4-6-14(31)7-5-13/h4-7,15-18,31,37H,2-3,8-12,24H2,1H3,(H,28,34)(H,29,33)(H,30,32)(H,35,36)(H4,25,26,27). The molecule has 13 nitrogen and oxygen atoms in total. The first-order valence-electron chi connectivity index (χ1n) is 11.8. The number of hydrogen-bond donors (Lipinski definition) is 9. The smallest absolute Gasteiger partial charge is 0.326 e. The highest BCUT2D eigenvalue weighted by molar-refractivity contribution is 7.98. The van der Waals surface area contributed by atoms with Crippen LogP contribution in [-0.2, 0) is 25.6 Å². The van der Waals surface area contributed by atoms with Gasteiger partial charge in [-0.05, 0) is 55.4 Å². The molecular weight excluding hydrogens is 534 g/mol. The van der Waals surface area contributed by atoms with Crippen LogP contribution in [0.15, 0.2) is 29.3 Å². The summed E-state index contributed by atoms with van der Waals surface area (Å²) in [5.41, 5.74) is 17.2. The molecule has 0 radical (unpaired) electrons. The quantitative estimate of drug-likeness (QED) is 0.0456. The number of carbonyl (C=O) groups is 4. The lowest BCUT2D eigenvalue weighted by Gasteiger charge is -2.24. The van der Waals surface area contributed by atoms with Crippen molar-refractivity contribution in [1.29, 1.82) is 0 Å². The average Bonchev–Trinajstić information content (AvgIpc) is 2.87. The molecular formula is C23H37N7O6S2. The molecule has 0 spiro atoms. The number of aliphatic carboxylic acids is 1. The maximum absolute atomic E-state index is 12.9. The number of phenols is 1. The molecule has 0 aliphatic rings. The molecule has 1 aromatic rings. The van der Waals surface area contributed by atoms with Crippen LogP contribution >= 0.6 is 24.4 Å². The molecule has 0 aliphatic heterocycles. The summed E-state index contributed by atoms with van der Waals surface area (Å²) in [5, 5.41) is 26.4. The van der Waals surface area contributed by atoms with E-state index in [1.165, 1.54) is 23.9 Å². The van der Waals surface area contributed by atoms with E-state index in [0.717, 1.165) is 5.56 Å². The minimum absolute atomic E-state index is 0.0666. The molecule has 212 valence electrons. The van der Waals surface area contributed by atoms with Crippen molar-refractivity contribution in [1.82, 2.24) is 16.0 Å². The average molecular weight is 572 g/mol. The zero-order valence-corrected chi connectivity index (χ0v) is 22.8. The molecule has 0 aromatic heterocycles. The Morgan fingerprint density at radius 2 is 1.55 bits per heavy atom. The highest BCUT2D eigenvalue weighted by atomic mass is 32.2. The molecule has 3 amide bonds. The third-order valence-corrected chi connectivity index (χ3v) is 6.36. The van der Waals surface area contributed by atoms with Gasteiger partial charge in [0.25, 0.3) is 0 Å². The van der Waals surface area contributed by atoms with Crippen molar-refractivity contribution in [3.05, 3.63) is 29.8 Å². The lowest BCUT2D eigenvalue weighted by Crippen LogP contribution is -2.58. The zero-order chi connectivity index (χ0) is 28.7. The van der Waals surface area contributed by atoms with Gasteiger partial charge in [-0.15, -0.1) is 0 Å². The Labute approximate surface area is 231 Å². The van der Waals surface area contributed by atoms with E-state index in [4.69, 9.17) is 17.2 Å². The van der Waals surface area contributed by atoms with Crippen LogP contribution in [0.3, 0.4) is 0 Å². The number of aromatic hydroxyl groups is 1. The summed E-state index contributed by atoms with van der Waals surface area (Å²) in [6.07, 6.45) is 2.62. The Kier molecular flexibility index (Phi) is 15.0. The fourth-order valence-corrected chi connectivity index (χ4v) is 3.99. The third-order valence-electron chi connectivity index (χ3n) is 5.35. The van der Waals surface area contributed by atoms with Gasteiger partial charge in [0, 0.05) is 12.3 Å². The number of nitrogens with zero attached hydrogens (tertiary/aromatic N) is 1. The van der Waals surface area contributed by atoms with E-state index >= 15 is 0 Å². The number of nitrogens with two attached hydrogens (primary N) is 3. The number of guanidine groups is 1. The van der Waals surface area contributed by atoms with Crippen LogP contribution in [0.25, 0.3) is 0 Å². The Morgan fingerprint density at radius 3 is 2.11 bits per heavy atom. The summed E-state index contributed by atoms with van der Waals surface area (Å²) in [6.45, 7) is 0.201. The van der Waals surface area contributed by atoms with Crippen LogP contribution in [0.5, 0.6) is 5.75 Å². The number of hydrogen-bond acceptors (Lipinski definition) is 9. The second-order valence-electron chi connectivity index (χ2n) is 8.41. The molecule has 1 rings (SSSR count). The largest absolute Gasteiger partial charge is 0.508 e. The zero-order valence-electron chi connectivity index (χ0n) is 21.1. The van der Waals surface area contributed by atoms with E-state index in [0.29, 0.717) is 12.2 Å². The fourth-order valence-electron chi connectivity index (χ4n) is 3.26. The monoisotopic (exact) mass is 571 g/mol. The van der Waals surface area contributed by atoms with E-state index in [1.54, 1.807) is 12.1 Å². The van der Waals surface area contributed by atoms with Gasteiger partial charge in [-0.2, -0.15) is 24.4 Å². The van der Waals surface area contributed by atoms with Crippen molar-refractivity contribution >= 4 is 54.0 Å². The number of phenolic OH excluding ortho intramolecular Hbond substituents is 1. The molecule has 0 saturated carbocycles. The summed E-state index contributed by atoms with van der Waals surface area (Å²) in [7, 11) is 0. The number of rotatable bonds is 17. The lowest BCUT2D eigenvalue weighted by atomic mass is 10.1. The Hall–Kier alpha value is -3.17. The van der Waals surface area contributed by atoms with Crippen molar-refractivity contribution < 1.29 is 29.4 Å². The highest BCUT2D eigenvalue weighted by Gasteiger charge is 2.29. The Balaban J connectivity index is 2.80. The van der Waals surface area contributed by atoms with Gasteiger partial charge >= 0.3 is 5.97 Å². The number of carbonyl (C=O) groups excluding carboxylic acids is 3. The normalized spacial score (nSPS) is 13.9. The highest BCUT2D eigenvalue weighted by Crippen LogP contribution is 2.11. The van der Waals surface area contributed by atoms with Crippen molar-refractivity contribution in [3.63, 3.8) is 0 Å². The van der Waals surface area contributed by atoms with Crippen LogP contribution in [0.4, 0.5) is 0 Å². The molecule has 0 saturated heterocycles. The molecule has 38 heavy (non-hydrogen) atoms. The lowest BCUT2D eigenvalue weighted by molar-refractivity contribution is -0.142. The maximum atomic E-state index is 12.9. The van der Waals surface area contributed by atoms with Crippen molar-refractivity contribution in [2.24, 2.45) is 22.2 Å². The van der Waals surface area contributed by atoms with E-state index in [1.807, 2.05) is 6.26 Å². The van der Waals surface area contributed by atoms with Gasteiger partial charge in [-0.1, -0.05) is 12.1 Å². The van der Waals surface area contributed by atoms with E-state index < -0.39 is 47.9 Å². The number of carboxylic acids is 1. The van der Waals surface area contributed by atoms with Gasteiger partial charge in [0.2, 0.25) is 17.7 Å². The minimum Gasteiger partial charge on any atom is -0.508 e. The molecule has 0 fully saturated rings. The number of amides is 3. The molecule has 0 heterocycles. The SMILES string of the molecule is CSCCC(NC(=O)C(CS)NC(=O)C(N)Cc1ccc(O)cc1)C(=O)NC(CCCN=C(N)N)C(=O)O. The summed E-state index contributed by atoms with van der Waals surface area (Å²) in [5.74, 6) is -2.75. The predicted molar refractivity (Wildman–Crippen MR) is 150 cm³/mol. The van der Waals surface area contributed by atoms with Crippen molar-refractivity contribution in [3.8, 4) is 5.75 Å². The van der Waals surface area contributed by atoms with E-state index in [2.05, 4.69) is 33.6 Å². The number of aliphatic imine (C=N–C) groups is 1. The van der Waals surface area contributed by atoms with Gasteiger partial charge in [-0.3, -0.25) is 19.4 Å². The molecule has 4 unspecified atom stereocenters. The summed E-state index contributed by atoms with van der Waals surface area (Å²) in [4.78, 5) is 53.8. The van der Waals surface area contributed by atoms with Gasteiger partial charge in [0.05, 0.1) is 6.04 Å². The minimum atomic E-state index is -1.24. The summed E-state index contributed by atoms with van der Waals surface area (Å²) >= 11 is 5.59. The number of thiol groups is 1. The number of nitrogens with one attached hydrogen (secondary N) is 3. The molecule has 11 N–H and O–H groups in total. The fraction of sp³-hybridized carbons (Fsp3) is 0.522. The maximum Gasteiger partial charge on any atom is 0.326 e. The molecule has 4 atom stereocenters. The third kappa shape index (κ3) is 12.4. The first-order chi connectivity index (χ1) is 18.0. The summed E-state index contributed by atoms with van der Waals surface area (Å²) in [6, 6.07) is 1.90.